The van der Waals surface area contributed by atoms with Gasteiger partial charge in [-0.1, -0.05) is 5.16 Å². The lowest BCUT2D eigenvalue weighted by Gasteiger charge is -2.36. The summed E-state index contributed by atoms with van der Waals surface area (Å²) in [6.45, 7) is 3.16. The Labute approximate surface area is 70.6 Å². The van der Waals surface area contributed by atoms with Crippen LogP contribution in [0.25, 0.3) is 0 Å². The topological polar surface area (TPSA) is 58.3 Å². The number of nitrogens with zero attached hydrogens (tertiary/aromatic N) is 1. The number of aromatic nitrogens is 1. The van der Waals surface area contributed by atoms with Gasteiger partial charge in [0.15, 0.2) is 0 Å². The molecule has 1 aromatic heterocycles. The zero-order valence-corrected chi connectivity index (χ0v) is 7.00. The Morgan fingerprint density at radius 3 is 2.92 bits per heavy atom. The third kappa shape index (κ3) is 1.35. The summed E-state index contributed by atoms with van der Waals surface area (Å²) in [5, 5.41) is 16.5. The highest BCUT2D eigenvalue weighted by Crippen LogP contribution is 2.17. The molecule has 1 aliphatic rings. The molecule has 4 heteroatoms. The lowest BCUT2D eigenvalue weighted by Crippen LogP contribution is -2.60. The lowest BCUT2D eigenvalue weighted by atomic mass is 9.92. The Morgan fingerprint density at radius 1 is 1.75 bits per heavy atom. The van der Waals surface area contributed by atoms with E-state index in [9.17, 15) is 5.11 Å². The van der Waals surface area contributed by atoms with E-state index < -0.39 is 5.60 Å². The molecule has 0 atom stereocenters. The minimum absolute atomic E-state index is 0.556. The van der Waals surface area contributed by atoms with Crippen molar-refractivity contribution in [3.8, 4) is 0 Å². The highest BCUT2D eigenvalue weighted by Gasteiger charge is 2.35. The van der Waals surface area contributed by atoms with Gasteiger partial charge in [-0.2, -0.15) is 0 Å². The summed E-state index contributed by atoms with van der Waals surface area (Å²) in [5.74, 6) is 0.761. The van der Waals surface area contributed by atoms with Crippen molar-refractivity contribution in [2.45, 2.75) is 18.9 Å². The first kappa shape index (κ1) is 7.76. The first-order valence-corrected chi connectivity index (χ1v) is 4.03. The van der Waals surface area contributed by atoms with Crippen LogP contribution in [0.1, 0.15) is 11.5 Å². The summed E-state index contributed by atoms with van der Waals surface area (Å²) in [5.41, 5.74) is 0.257. The molecule has 1 saturated heterocycles. The van der Waals surface area contributed by atoms with Gasteiger partial charge < -0.3 is 14.9 Å². The fraction of sp³-hybridized carbons (Fsp3) is 0.625. The Balaban J connectivity index is 2.03. The Kier molecular flexibility index (Phi) is 1.66. The molecule has 0 bridgehead atoms. The van der Waals surface area contributed by atoms with Crippen molar-refractivity contribution in [2.24, 2.45) is 0 Å². The number of aryl methyl sites for hydroxylation is 1. The van der Waals surface area contributed by atoms with Crippen molar-refractivity contribution in [3.63, 3.8) is 0 Å². The van der Waals surface area contributed by atoms with E-state index in [4.69, 9.17) is 4.52 Å². The van der Waals surface area contributed by atoms with Crippen molar-refractivity contribution >= 4 is 0 Å². The highest BCUT2D eigenvalue weighted by molar-refractivity contribution is 5.09. The second-order valence-electron chi connectivity index (χ2n) is 3.44. The van der Waals surface area contributed by atoms with E-state index in [1.165, 1.54) is 0 Å². The first-order chi connectivity index (χ1) is 5.68. The molecule has 2 rings (SSSR count). The van der Waals surface area contributed by atoms with Crippen molar-refractivity contribution in [2.75, 3.05) is 13.1 Å². The van der Waals surface area contributed by atoms with Gasteiger partial charge in [-0.3, -0.25) is 0 Å². The standard InChI is InChI=1S/C8H12N2O2/c1-6-2-7(12-10-6)3-8(11)4-9-5-8/h2,9,11H,3-5H2,1H3. The van der Waals surface area contributed by atoms with Crippen LogP contribution in [0.15, 0.2) is 10.6 Å². The number of aliphatic hydroxyl groups is 1. The van der Waals surface area contributed by atoms with E-state index in [0.29, 0.717) is 19.5 Å². The van der Waals surface area contributed by atoms with Gasteiger partial charge in [-0.05, 0) is 6.92 Å². The minimum Gasteiger partial charge on any atom is -0.387 e. The quantitative estimate of drug-likeness (QED) is 0.645. The average Bonchev–Trinajstić information content (AvgIpc) is 2.32. The maximum absolute atomic E-state index is 9.72. The predicted octanol–water partition coefficient (Wildman–Crippen LogP) is -0.140. The fourth-order valence-corrected chi connectivity index (χ4v) is 1.36. The van der Waals surface area contributed by atoms with Crippen LogP contribution in [-0.4, -0.2) is 29.0 Å². The van der Waals surface area contributed by atoms with Gasteiger partial charge in [0.05, 0.1) is 11.3 Å². The van der Waals surface area contributed by atoms with Gasteiger partial charge >= 0.3 is 0 Å². The molecule has 0 amide bonds. The molecule has 0 spiro atoms. The molecule has 1 aromatic rings. The maximum Gasteiger partial charge on any atom is 0.139 e. The van der Waals surface area contributed by atoms with Gasteiger partial charge in [-0.25, -0.2) is 0 Å². The minimum atomic E-state index is -0.605. The molecule has 1 fully saturated rings. The van der Waals surface area contributed by atoms with Gasteiger partial charge in [0.1, 0.15) is 5.76 Å². The van der Waals surface area contributed by atoms with Crippen LogP contribution < -0.4 is 5.32 Å². The van der Waals surface area contributed by atoms with E-state index in [1.807, 2.05) is 13.0 Å². The molecule has 2 heterocycles. The van der Waals surface area contributed by atoms with Crippen LogP contribution in [0.5, 0.6) is 0 Å². The van der Waals surface area contributed by atoms with E-state index in [1.54, 1.807) is 0 Å². The normalized spacial score (nSPS) is 20.5. The lowest BCUT2D eigenvalue weighted by molar-refractivity contribution is -0.0140. The third-order valence-electron chi connectivity index (χ3n) is 2.09. The number of β-amino-alcohol motifs (C(OH)–C–C–N with tert-alkyl or cyclic N) is 1. The monoisotopic (exact) mass is 168 g/mol. The molecule has 0 aromatic carbocycles. The third-order valence-corrected chi connectivity index (χ3v) is 2.09. The second kappa shape index (κ2) is 2.57. The van der Waals surface area contributed by atoms with Gasteiger partial charge in [-0.15, -0.1) is 0 Å². The van der Waals surface area contributed by atoms with E-state index in [2.05, 4.69) is 10.5 Å². The molecular weight excluding hydrogens is 156 g/mol. The molecule has 0 unspecified atom stereocenters. The van der Waals surface area contributed by atoms with Crippen LogP contribution in [0.2, 0.25) is 0 Å². The summed E-state index contributed by atoms with van der Waals surface area (Å²) >= 11 is 0. The van der Waals surface area contributed by atoms with Crippen LogP contribution in [0, 0.1) is 6.92 Å². The molecule has 1 aliphatic heterocycles. The molecule has 66 valence electrons. The second-order valence-corrected chi connectivity index (χ2v) is 3.44. The van der Waals surface area contributed by atoms with Gasteiger partial charge in [0.2, 0.25) is 0 Å². The van der Waals surface area contributed by atoms with Crippen LogP contribution >= 0.6 is 0 Å². The van der Waals surface area contributed by atoms with E-state index in [0.717, 1.165) is 11.5 Å². The average molecular weight is 168 g/mol. The summed E-state index contributed by atoms with van der Waals surface area (Å²) < 4.78 is 5.00. The van der Waals surface area contributed by atoms with Crippen LogP contribution in [0.4, 0.5) is 0 Å². The van der Waals surface area contributed by atoms with Crippen molar-refractivity contribution in [1.29, 1.82) is 0 Å². The van der Waals surface area contributed by atoms with Crippen LogP contribution in [0.3, 0.4) is 0 Å². The predicted molar refractivity (Wildman–Crippen MR) is 42.8 cm³/mol. The van der Waals surface area contributed by atoms with Crippen molar-refractivity contribution in [3.05, 3.63) is 17.5 Å². The Hall–Kier alpha value is -0.870. The highest BCUT2D eigenvalue weighted by atomic mass is 16.5. The van der Waals surface area contributed by atoms with E-state index >= 15 is 0 Å². The molecule has 4 nitrogen and oxygen atoms in total. The zero-order chi connectivity index (χ0) is 8.60. The van der Waals surface area contributed by atoms with Gasteiger partial charge in [0.25, 0.3) is 0 Å². The van der Waals surface area contributed by atoms with Crippen LogP contribution in [-0.2, 0) is 6.42 Å². The number of hydrogen-bond acceptors (Lipinski definition) is 4. The smallest absolute Gasteiger partial charge is 0.139 e. The number of nitrogens with one attached hydrogen (secondary N) is 1. The maximum atomic E-state index is 9.72. The molecule has 0 aliphatic carbocycles. The Bertz CT molecular complexity index is 278. The SMILES string of the molecule is Cc1cc(CC2(O)CNC2)on1. The van der Waals surface area contributed by atoms with E-state index in [-0.39, 0.29) is 0 Å². The first-order valence-electron chi connectivity index (χ1n) is 4.03. The summed E-state index contributed by atoms with van der Waals surface area (Å²) in [4.78, 5) is 0. The van der Waals surface area contributed by atoms with Crippen molar-refractivity contribution < 1.29 is 9.63 Å². The number of rotatable bonds is 2. The molecular formula is C8H12N2O2. The zero-order valence-electron chi connectivity index (χ0n) is 7.00. The Morgan fingerprint density at radius 2 is 2.50 bits per heavy atom. The van der Waals surface area contributed by atoms with Crippen molar-refractivity contribution in [1.82, 2.24) is 10.5 Å². The molecule has 0 saturated carbocycles. The summed E-state index contributed by atoms with van der Waals surface area (Å²) in [7, 11) is 0. The van der Waals surface area contributed by atoms with Gasteiger partial charge in [0, 0.05) is 25.6 Å². The summed E-state index contributed by atoms with van der Waals surface area (Å²) in [6.07, 6.45) is 0.556. The molecule has 12 heavy (non-hydrogen) atoms. The molecule has 2 N–H and O–H groups in total. The molecule has 0 radical (unpaired) electrons. The summed E-state index contributed by atoms with van der Waals surface area (Å²) in [6, 6.07) is 1.86. The number of hydrogen-bond donors (Lipinski definition) is 2. The fourth-order valence-electron chi connectivity index (χ4n) is 1.36. The largest absolute Gasteiger partial charge is 0.387 e.